The van der Waals surface area contributed by atoms with Gasteiger partial charge in [0.05, 0.1) is 18.3 Å². The molecule has 2 bridgehead atoms. The SMILES string of the molecule is Cc1cc(C)n2ncc(-c3noc(CN4CC5CCC4CN5)n3)c2n1. The Morgan fingerprint density at radius 3 is 2.96 bits per heavy atom. The third-order valence-electron chi connectivity index (χ3n) is 5.29. The predicted octanol–water partition coefficient (Wildman–Crippen LogP) is 1.33. The normalized spacial score (nSPS) is 23.6. The summed E-state index contributed by atoms with van der Waals surface area (Å²) in [5.41, 5.74) is 3.57. The number of nitrogens with zero attached hydrogens (tertiary/aromatic N) is 6. The van der Waals surface area contributed by atoms with Crippen molar-refractivity contribution >= 4 is 5.65 Å². The van der Waals surface area contributed by atoms with Crippen molar-refractivity contribution in [2.75, 3.05) is 13.1 Å². The van der Waals surface area contributed by atoms with Gasteiger partial charge in [-0.3, -0.25) is 4.90 Å². The van der Waals surface area contributed by atoms with Gasteiger partial charge >= 0.3 is 0 Å². The summed E-state index contributed by atoms with van der Waals surface area (Å²) >= 11 is 0. The minimum absolute atomic E-state index is 0.558. The first-order chi connectivity index (χ1) is 12.2. The van der Waals surface area contributed by atoms with Crippen molar-refractivity contribution in [1.29, 1.82) is 0 Å². The van der Waals surface area contributed by atoms with Gasteiger partial charge in [-0.15, -0.1) is 0 Å². The first-order valence-electron chi connectivity index (χ1n) is 8.80. The lowest BCUT2D eigenvalue weighted by molar-refractivity contribution is 0.0592. The van der Waals surface area contributed by atoms with Crippen LogP contribution >= 0.6 is 0 Å². The second-order valence-corrected chi connectivity index (χ2v) is 7.11. The Labute approximate surface area is 145 Å². The maximum atomic E-state index is 5.52. The van der Waals surface area contributed by atoms with Crippen molar-refractivity contribution < 1.29 is 4.52 Å². The second-order valence-electron chi connectivity index (χ2n) is 7.11. The van der Waals surface area contributed by atoms with Crippen LogP contribution in [0, 0.1) is 13.8 Å². The molecule has 2 unspecified atom stereocenters. The van der Waals surface area contributed by atoms with Crippen LogP contribution in [-0.2, 0) is 6.54 Å². The van der Waals surface area contributed by atoms with Crippen LogP contribution in [-0.4, -0.2) is 54.8 Å². The molecule has 8 heteroatoms. The summed E-state index contributed by atoms with van der Waals surface area (Å²) in [6.45, 7) is 6.81. The summed E-state index contributed by atoms with van der Waals surface area (Å²) in [5.74, 6) is 1.22. The van der Waals surface area contributed by atoms with Gasteiger partial charge in [0, 0.05) is 36.6 Å². The number of aryl methyl sites for hydroxylation is 2. The molecule has 6 heterocycles. The van der Waals surface area contributed by atoms with Gasteiger partial charge in [-0.25, -0.2) is 9.50 Å². The Balaban J connectivity index is 1.43. The second kappa shape index (κ2) is 5.60. The summed E-state index contributed by atoms with van der Waals surface area (Å²) in [5, 5.41) is 12.1. The maximum absolute atomic E-state index is 5.52. The summed E-state index contributed by atoms with van der Waals surface area (Å²) in [4.78, 5) is 11.6. The minimum Gasteiger partial charge on any atom is -0.338 e. The van der Waals surface area contributed by atoms with Crippen LogP contribution in [0.1, 0.15) is 30.1 Å². The third kappa shape index (κ3) is 2.52. The Hall–Kier alpha value is -2.32. The topological polar surface area (TPSA) is 84.4 Å². The summed E-state index contributed by atoms with van der Waals surface area (Å²) in [7, 11) is 0. The lowest BCUT2D eigenvalue weighted by Gasteiger charge is -2.45. The molecule has 130 valence electrons. The van der Waals surface area contributed by atoms with E-state index in [0.717, 1.165) is 35.7 Å². The average molecular weight is 339 g/mol. The molecule has 3 aromatic heterocycles. The van der Waals surface area contributed by atoms with E-state index in [9.17, 15) is 0 Å². The lowest BCUT2D eigenvalue weighted by Crippen LogP contribution is -2.60. The van der Waals surface area contributed by atoms with Crippen molar-refractivity contribution in [1.82, 2.24) is 35.0 Å². The zero-order valence-electron chi connectivity index (χ0n) is 14.4. The molecule has 2 atom stereocenters. The summed E-state index contributed by atoms with van der Waals surface area (Å²) < 4.78 is 7.33. The van der Waals surface area contributed by atoms with Gasteiger partial charge in [-0.05, 0) is 32.8 Å². The monoisotopic (exact) mass is 339 g/mol. The summed E-state index contributed by atoms with van der Waals surface area (Å²) in [6.07, 6.45) is 4.27. The highest BCUT2D eigenvalue weighted by Gasteiger charge is 2.34. The minimum atomic E-state index is 0.558. The zero-order valence-corrected chi connectivity index (χ0v) is 14.4. The van der Waals surface area contributed by atoms with Gasteiger partial charge in [0.15, 0.2) is 5.65 Å². The van der Waals surface area contributed by atoms with E-state index in [1.807, 2.05) is 24.4 Å². The molecule has 0 spiro atoms. The standard InChI is InChI=1S/C17H21N7O/c1-10-5-11(2)24-17(20-10)14(7-19-24)16-21-15(25-22-16)9-23-8-12-3-4-13(23)6-18-12/h5,7,12-13,18H,3-4,6,8-9H2,1-2H3. The number of hydrogen-bond donors (Lipinski definition) is 1. The molecule has 1 N–H and O–H groups in total. The van der Waals surface area contributed by atoms with Crippen molar-refractivity contribution in [2.45, 2.75) is 45.3 Å². The van der Waals surface area contributed by atoms with Crippen molar-refractivity contribution in [3.63, 3.8) is 0 Å². The van der Waals surface area contributed by atoms with Gasteiger partial charge in [0.1, 0.15) is 0 Å². The third-order valence-corrected chi connectivity index (χ3v) is 5.29. The molecular weight excluding hydrogens is 318 g/mol. The first kappa shape index (κ1) is 15.0. The van der Waals surface area contributed by atoms with Crippen LogP contribution < -0.4 is 5.32 Å². The van der Waals surface area contributed by atoms with Crippen LogP contribution in [0.15, 0.2) is 16.8 Å². The highest BCUT2D eigenvalue weighted by molar-refractivity contribution is 5.72. The quantitative estimate of drug-likeness (QED) is 0.770. The molecule has 0 amide bonds. The van der Waals surface area contributed by atoms with E-state index in [4.69, 9.17) is 4.52 Å². The zero-order chi connectivity index (χ0) is 17.0. The summed E-state index contributed by atoms with van der Waals surface area (Å²) in [6, 6.07) is 3.18. The molecule has 0 saturated carbocycles. The number of hydrogen-bond acceptors (Lipinski definition) is 7. The Morgan fingerprint density at radius 1 is 1.28 bits per heavy atom. The highest BCUT2D eigenvalue weighted by atomic mass is 16.5. The van der Waals surface area contributed by atoms with E-state index in [1.54, 1.807) is 6.20 Å². The molecule has 3 fully saturated rings. The number of nitrogens with one attached hydrogen (secondary N) is 1. The molecule has 3 saturated heterocycles. The van der Waals surface area contributed by atoms with Gasteiger partial charge < -0.3 is 9.84 Å². The molecule has 3 aromatic rings. The van der Waals surface area contributed by atoms with Gasteiger partial charge in [-0.2, -0.15) is 10.1 Å². The lowest BCUT2D eigenvalue weighted by atomic mass is 9.93. The molecule has 0 aliphatic carbocycles. The smallest absolute Gasteiger partial charge is 0.241 e. The van der Waals surface area contributed by atoms with Crippen LogP contribution in [0.25, 0.3) is 17.0 Å². The molecule has 8 nitrogen and oxygen atoms in total. The number of rotatable bonds is 3. The molecule has 0 aromatic carbocycles. The van der Waals surface area contributed by atoms with Crippen molar-refractivity contribution in [2.24, 2.45) is 0 Å². The first-order valence-corrected chi connectivity index (χ1v) is 8.80. The Kier molecular flexibility index (Phi) is 3.36. The molecule has 6 rings (SSSR count). The molecule has 0 radical (unpaired) electrons. The van der Waals surface area contributed by atoms with Crippen molar-refractivity contribution in [3.8, 4) is 11.4 Å². The Bertz CT molecular complexity index is 922. The molecule has 25 heavy (non-hydrogen) atoms. The number of piperidine rings is 2. The van der Waals surface area contributed by atoms with E-state index in [1.165, 1.54) is 12.8 Å². The molecule has 3 aliphatic heterocycles. The number of fused-ring (bicyclic) bond motifs is 4. The van der Waals surface area contributed by atoms with Gasteiger partial charge in [0.2, 0.25) is 11.7 Å². The van der Waals surface area contributed by atoms with Crippen LogP contribution in [0.4, 0.5) is 0 Å². The van der Waals surface area contributed by atoms with E-state index in [2.05, 4.69) is 30.4 Å². The van der Waals surface area contributed by atoms with Gasteiger partial charge in [0.25, 0.3) is 0 Å². The van der Waals surface area contributed by atoms with E-state index >= 15 is 0 Å². The van der Waals surface area contributed by atoms with E-state index in [0.29, 0.717) is 30.3 Å². The number of piperazine rings is 1. The van der Waals surface area contributed by atoms with Gasteiger partial charge in [-0.1, -0.05) is 5.16 Å². The maximum Gasteiger partial charge on any atom is 0.241 e. The average Bonchev–Trinajstić information content (AvgIpc) is 3.22. The van der Waals surface area contributed by atoms with Crippen LogP contribution in [0.2, 0.25) is 0 Å². The highest BCUT2D eigenvalue weighted by Crippen LogP contribution is 2.25. The predicted molar refractivity (Wildman–Crippen MR) is 91.0 cm³/mol. The van der Waals surface area contributed by atoms with Crippen LogP contribution in [0.3, 0.4) is 0 Å². The molecular formula is C17H21N7O. The number of aromatic nitrogens is 5. The van der Waals surface area contributed by atoms with E-state index in [-0.39, 0.29) is 0 Å². The fourth-order valence-electron chi connectivity index (χ4n) is 4.02. The Morgan fingerprint density at radius 2 is 2.20 bits per heavy atom. The van der Waals surface area contributed by atoms with Crippen molar-refractivity contribution in [3.05, 3.63) is 29.5 Å². The fraction of sp³-hybridized carbons (Fsp3) is 0.529. The fourth-order valence-corrected chi connectivity index (χ4v) is 4.02. The van der Waals surface area contributed by atoms with Crippen LogP contribution in [0.5, 0.6) is 0 Å². The van der Waals surface area contributed by atoms with E-state index < -0.39 is 0 Å². The largest absolute Gasteiger partial charge is 0.338 e. The molecule has 3 aliphatic rings.